The van der Waals surface area contributed by atoms with Crippen LogP contribution in [-0.2, 0) is 14.4 Å². The number of aliphatic hydroxyl groups excluding tert-OH is 2. The number of carboxylic acid groups (broad SMARTS) is 1. The summed E-state index contributed by atoms with van der Waals surface area (Å²) < 4.78 is 0. The molecule has 0 aromatic carbocycles. The first-order valence-electron chi connectivity index (χ1n) is 6.59. The Morgan fingerprint density at radius 3 is 2.38 bits per heavy atom. The highest BCUT2D eigenvalue weighted by molar-refractivity contribution is 5.91. The van der Waals surface area contributed by atoms with Crippen molar-refractivity contribution < 1.29 is 29.7 Å². The van der Waals surface area contributed by atoms with Crippen molar-refractivity contribution in [2.45, 2.75) is 37.6 Å². The van der Waals surface area contributed by atoms with Gasteiger partial charge in [-0.15, -0.1) is 0 Å². The van der Waals surface area contributed by atoms with Gasteiger partial charge in [0, 0.05) is 6.54 Å². The van der Waals surface area contributed by atoms with Crippen LogP contribution in [0.5, 0.6) is 0 Å². The van der Waals surface area contributed by atoms with Crippen LogP contribution in [0.15, 0.2) is 0 Å². The van der Waals surface area contributed by atoms with E-state index in [2.05, 4.69) is 10.6 Å². The molecule has 0 aliphatic carbocycles. The van der Waals surface area contributed by atoms with Crippen LogP contribution in [0.1, 0.15) is 13.3 Å². The Hall–Kier alpha value is -1.71. The second kappa shape index (κ2) is 7.34. The summed E-state index contributed by atoms with van der Waals surface area (Å²) in [5.74, 6) is -2.47. The summed E-state index contributed by atoms with van der Waals surface area (Å²) in [5.41, 5.74) is 0. The van der Waals surface area contributed by atoms with Gasteiger partial charge in [-0.05, 0) is 20.4 Å². The van der Waals surface area contributed by atoms with Gasteiger partial charge in [-0.3, -0.25) is 14.5 Å². The molecule has 0 saturated carbocycles. The molecule has 9 nitrogen and oxygen atoms in total. The molecule has 0 aromatic rings. The third kappa shape index (κ3) is 4.66. The minimum Gasteiger partial charge on any atom is -0.480 e. The molecule has 1 heterocycles. The number of likely N-dealkylation sites (tertiary alicyclic amines) is 1. The largest absolute Gasteiger partial charge is 0.480 e. The van der Waals surface area contributed by atoms with Gasteiger partial charge in [0.2, 0.25) is 11.8 Å². The fraction of sp³-hybridized carbons (Fsp3) is 0.750. The van der Waals surface area contributed by atoms with E-state index in [4.69, 9.17) is 10.2 Å². The van der Waals surface area contributed by atoms with Crippen LogP contribution in [0.25, 0.3) is 0 Å². The van der Waals surface area contributed by atoms with Gasteiger partial charge < -0.3 is 26.0 Å². The molecule has 0 spiro atoms. The SMILES string of the molecule is C[C@H](NC(=O)[C@@H]1C[C@@H](O)CN1C)C(=O)N[C@@H](CO)C(=O)O. The van der Waals surface area contributed by atoms with E-state index >= 15 is 0 Å². The highest BCUT2D eigenvalue weighted by Crippen LogP contribution is 2.15. The quantitative estimate of drug-likeness (QED) is 0.355. The topological polar surface area (TPSA) is 139 Å². The third-order valence-electron chi connectivity index (χ3n) is 3.38. The molecule has 1 aliphatic heterocycles. The number of aliphatic carboxylic acids is 1. The molecule has 0 aromatic heterocycles. The summed E-state index contributed by atoms with van der Waals surface area (Å²) in [5, 5.41) is 31.6. The lowest BCUT2D eigenvalue weighted by atomic mass is 10.1. The molecule has 1 rings (SSSR count). The highest BCUT2D eigenvalue weighted by Gasteiger charge is 2.34. The molecule has 21 heavy (non-hydrogen) atoms. The number of carbonyl (C=O) groups is 3. The molecule has 0 unspecified atom stereocenters. The zero-order valence-electron chi connectivity index (χ0n) is 11.9. The van der Waals surface area contributed by atoms with Crippen molar-refractivity contribution in [1.29, 1.82) is 0 Å². The van der Waals surface area contributed by atoms with Crippen molar-refractivity contribution in [3.05, 3.63) is 0 Å². The maximum atomic E-state index is 12.0. The molecule has 0 bridgehead atoms. The van der Waals surface area contributed by atoms with E-state index in [1.54, 1.807) is 11.9 Å². The number of amides is 2. The van der Waals surface area contributed by atoms with Crippen molar-refractivity contribution in [1.82, 2.24) is 15.5 Å². The molecule has 4 atom stereocenters. The molecule has 0 radical (unpaired) electrons. The molecule has 120 valence electrons. The van der Waals surface area contributed by atoms with E-state index in [-0.39, 0.29) is 6.42 Å². The third-order valence-corrected chi connectivity index (χ3v) is 3.38. The number of nitrogens with zero attached hydrogens (tertiary/aromatic N) is 1. The van der Waals surface area contributed by atoms with Gasteiger partial charge in [-0.2, -0.15) is 0 Å². The van der Waals surface area contributed by atoms with Gasteiger partial charge in [-0.25, -0.2) is 4.79 Å². The maximum Gasteiger partial charge on any atom is 0.328 e. The molecule has 5 N–H and O–H groups in total. The average Bonchev–Trinajstić information content (AvgIpc) is 2.74. The summed E-state index contributed by atoms with van der Waals surface area (Å²) >= 11 is 0. The van der Waals surface area contributed by atoms with Crippen LogP contribution in [0.3, 0.4) is 0 Å². The van der Waals surface area contributed by atoms with Gasteiger partial charge in [0.15, 0.2) is 0 Å². The Labute approximate surface area is 121 Å². The Bertz CT molecular complexity index is 416. The fourth-order valence-corrected chi connectivity index (χ4v) is 2.14. The van der Waals surface area contributed by atoms with Gasteiger partial charge in [0.25, 0.3) is 0 Å². The second-order valence-electron chi connectivity index (χ2n) is 5.16. The van der Waals surface area contributed by atoms with Crippen molar-refractivity contribution in [2.75, 3.05) is 20.2 Å². The molecule has 1 fully saturated rings. The number of β-amino-alcohol motifs (C(OH)–C–C–N with tert-alkyl or cyclic N) is 1. The smallest absolute Gasteiger partial charge is 0.328 e. The van der Waals surface area contributed by atoms with Crippen LogP contribution in [0, 0.1) is 0 Å². The minimum atomic E-state index is -1.41. The van der Waals surface area contributed by atoms with Crippen molar-refractivity contribution in [3.63, 3.8) is 0 Å². The first-order chi connectivity index (χ1) is 9.76. The monoisotopic (exact) mass is 303 g/mol. The number of likely N-dealkylation sites (N-methyl/N-ethyl adjacent to an activating group) is 1. The average molecular weight is 303 g/mol. The first-order valence-corrected chi connectivity index (χ1v) is 6.59. The number of aliphatic hydroxyl groups is 2. The predicted octanol–water partition coefficient (Wildman–Crippen LogP) is -2.88. The molecular weight excluding hydrogens is 282 g/mol. The summed E-state index contributed by atoms with van der Waals surface area (Å²) in [4.78, 5) is 36.1. The molecule has 9 heteroatoms. The van der Waals surface area contributed by atoms with E-state index in [0.29, 0.717) is 6.54 Å². The summed E-state index contributed by atoms with van der Waals surface area (Å²) in [7, 11) is 1.69. The van der Waals surface area contributed by atoms with Crippen LogP contribution < -0.4 is 10.6 Å². The summed E-state index contributed by atoms with van der Waals surface area (Å²) in [6.45, 7) is 1.05. The Morgan fingerprint density at radius 1 is 1.33 bits per heavy atom. The standard InChI is InChI=1S/C12H21N3O6/c1-6(10(18)14-8(5-16)12(20)21)13-11(19)9-3-7(17)4-15(9)2/h6-9,16-17H,3-5H2,1-2H3,(H,13,19)(H,14,18)(H,20,21)/t6-,7+,8-,9-/m0/s1. The minimum absolute atomic E-state index is 0.283. The Morgan fingerprint density at radius 2 is 1.95 bits per heavy atom. The number of carboxylic acids is 1. The van der Waals surface area contributed by atoms with Crippen molar-refractivity contribution >= 4 is 17.8 Å². The maximum absolute atomic E-state index is 12.0. The zero-order valence-corrected chi connectivity index (χ0v) is 11.9. The van der Waals surface area contributed by atoms with E-state index in [9.17, 15) is 19.5 Å². The lowest BCUT2D eigenvalue weighted by Gasteiger charge is -2.22. The van der Waals surface area contributed by atoms with E-state index in [1.807, 2.05) is 0 Å². The molecule has 1 saturated heterocycles. The number of rotatable bonds is 6. The number of hydrogen-bond donors (Lipinski definition) is 5. The Balaban J connectivity index is 2.52. The van der Waals surface area contributed by atoms with E-state index < -0.39 is 48.6 Å². The van der Waals surface area contributed by atoms with E-state index in [1.165, 1.54) is 6.92 Å². The fourth-order valence-electron chi connectivity index (χ4n) is 2.14. The summed E-state index contributed by atoms with van der Waals surface area (Å²) in [6.07, 6.45) is -0.300. The van der Waals surface area contributed by atoms with Gasteiger partial charge >= 0.3 is 5.97 Å². The molecular formula is C12H21N3O6. The van der Waals surface area contributed by atoms with Crippen LogP contribution >= 0.6 is 0 Å². The number of hydrogen-bond acceptors (Lipinski definition) is 6. The Kier molecular flexibility index (Phi) is 6.06. The predicted molar refractivity (Wildman–Crippen MR) is 71.3 cm³/mol. The number of nitrogens with one attached hydrogen (secondary N) is 2. The second-order valence-corrected chi connectivity index (χ2v) is 5.16. The lowest BCUT2D eigenvalue weighted by Crippen LogP contribution is -2.54. The highest BCUT2D eigenvalue weighted by atomic mass is 16.4. The van der Waals surface area contributed by atoms with Gasteiger partial charge in [-0.1, -0.05) is 0 Å². The zero-order chi connectivity index (χ0) is 16.2. The molecule has 2 amide bonds. The molecule has 1 aliphatic rings. The summed E-state index contributed by atoms with van der Waals surface area (Å²) in [6, 6.07) is -2.88. The van der Waals surface area contributed by atoms with Crippen LogP contribution in [0.4, 0.5) is 0 Å². The van der Waals surface area contributed by atoms with Crippen LogP contribution in [-0.4, -0.2) is 82.4 Å². The van der Waals surface area contributed by atoms with Gasteiger partial charge in [0.05, 0.1) is 18.8 Å². The van der Waals surface area contributed by atoms with Crippen molar-refractivity contribution in [3.8, 4) is 0 Å². The first kappa shape index (κ1) is 17.3. The number of carbonyl (C=O) groups excluding carboxylic acids is 2. The van der Waals surface area contributed by atoms with E-state index in [0.717, 1.165) is 0 Å². The van der Waals surface area contributed by atoms with Crippen LogP contribution in [0.2, 0.25) is 0 Å². The van der Waals surface area contributed by atoms with Crippen molar-refractivity contribution in [2.24, 2.45) is 0 Å². The van der Waals surface area contributed by atoms with Gasteiger partial charge in [0.1, 0.15) is 12.1 Å². The lowest BCUT2D eigenvalue weighted by molar-refractivity contribution is -0.143. The normalized spacial score (nSPS) is 25.1.